The molecule has 0 unspecified atom stereocenters. The van der Waals surface area contributed by atoms with Crippen molar-refractivity contribution >= 4 is 11.9 Å². The summed E-state index contributed by atoms with van der Waals surface area (Å²) in [4.78, 5) is 26.3. The predicted octanol–water partition coefficient (Wildman–Crippen LogP) is -2.36. The van der Waals surface area contributed by atoms with Crippen LogP contribution in [-0.4, -0.2) is 91.5 Å². The Balaban J connectivity index is 1.21. The highest BCUT2D eigenvalue weighted by atomic mass is 16.6. The molecule has 2 aliphatic rings. The number of aromatic nitrogens is 7. The van der Waals surface area contributed by atoms with E-state index in [2.05, 4.69) is 30.9 Å². The summed E-state index contributed by atoms with van der Waals surface area (Å²) in [6.07, 6.45) is 2.18. The van der Waals surface area contributed by atoms with Gasteiger partial charge in [-0.2, -0.15) is 9.78 Å². The summed E-state index contributed by atoms with van der Waals surface area (Å²) in [6, 6.07) is 6.50. The minimum Gasteiger partial charge on any atom is -0.548 e. The zero-order valence-electron chi connectivity index (χ0n) is 17.6. The Labute approximate surface area is 191 Å². The molecule has 5 rings (SSSR count). The van der Waals surface area contributed by atoms with E-state index >= 15 is 0 Å². The summed E-state index contributed by atoms with van der Waals surface area (Å²) in [5, 5.41) is 28.9. The normalized spacial score (nSPS) is 23.5. The van der Waals surface area contributed by atoms with Crippen LogP contribution in [0.3, 0.4) is 0 Å². The molecule has 15 nitrogen and oxygen atoms in total. The molecule has 178 valence electrons. The van der Waals surface area contributed by atoms with Gasteiger partial charge in [0.05, 0.1) is 37.5 Å². The van der Waals surface area contributed by atoms with Gasteiger partial charge in [-0.25, -0.2) is 9.67 Å². The largest absolute Gasteiger partial charge is 0.548 e. The second-order valence-electron chi connectivity index (χ2n) is 7.54. The van der Waals surface area contributed by atoms with Crippen molar-refractivity contribution in [2.45, 2.75) is 24.3 Å². The number of hydrogen-bond acceptors (Lipinski definition) is 12. The number of rotatable bonds is 9. The number of carbonyl (C=O) groups is 2. The van der Waals surface area contributed by atoms with Crippen LogP contribution in [0.4, 0.5) is 0 Å². The molecule has 0 saturated carbocycles. The van der Waals surface area contributed by atoms with Crippen molar-refractivity contribution in [3.05, 3.63) is 36.9 Å². The van der Waals surface area contributed by atoms with Gasteiger partial charge in [0.25, 0.3) is 0 Å². The van der Waals surface area contributed by atoms with Crippen molar-refractivity contribution < 1.29 is 33.6 Å². The van der Waals surface area contributed by atoms with E-state index in [0.717, 1.165) is 5.69 Å². The summed E-state index contributed by atoms with van der Waals surface area (Å²) in [6.45, 7) is -0.619. The number of fused-ring (bicyclic) bond motifs is 1. The number of ether oxygens (including phenoxy) is 4. The third-order valence-corrected chi connectivity index (χ3v) is 5.33. The van der Waals surface area contributed by atoms with Gasteiger partial charge in [0.1, 0.15) is 43.3 Å². The van der Waals surface area contributed by atoms with Gasteiger partial charge in [0.15, 0.2) is 0 Å². The van der Waals surface area contributed by atoms with Crippen molar-refractivity contribution in [1.82, 2.24) is 40.3 Å². The van der Waals surface area contributed by atoms with E-state index in [1.807, 2.05) is 12.1 Å². The lowest BCUT2D eigenvalue weighted by Crippen LogP contribution is -2.45. The zero-order valence-corrected chi connectivity index (χ0v) is 17.6. The lowest BCUT2D eigenvalue weighted by Gasteiger charge is -2.18. The summed E-state index contributed by atoms with van der Waals surface area (Å²) in [7, 11) is 0. The number of carboxylic acids is 1. The first kappa shape index (κ1) is 21.9. The Hall–Kier alpha value is -3.95. The monoisotopic (exact) mass is 471 g/mol. The van der Waals surface area contributed by atoms with Gasteiger partial charge < -0.3 is 34.2 Å². The van der Waals surface area contributed by atoms with Gasteiger partial charge in [-0.1, -0.05) is 5.10 Å². The quantitative estimate of drug-likeness (QED) is 0.351. The first-order valence-corrected chi connectivity index (χ1v) is 10.3. The number of tetrazole rings is 1. The van der Waals surface area contributed by atoms with Crippen molar-refractivity contribution in [3.8, 4) is 17.4 Å². The fraction of sp³-hybridized carbons (Fsp3) is 0.421. The fourth-order valence-electron chi connectivity index (χ4n) is 3.86. The number of aliphatic carboxylic acids is 1. The minimum atomic E-state index is -1.40. The molecule has 34 heavy (non-hydrogen) atoms. The molecule has 2 saturated heterocycles. The average Bonchev–Trinajstić information content (AvgIpc) is 3.61. The van der Waals surface area contributed by atoms with Crippen molar-refractivity contribution in [3.63, 3.8) is 0 Å². The Morgan fingerprint density at radius 2 is 1.97 bits per heavy atom. The molecule has 0 aliphatic carbocycles. The van der Waals surface area contributed by atoms with Gasteiger partial charge in [-0.15, -0.1) is 0 Å². The van der Waals surface area contributed by atoms with Crippen LogP contribution in [0.2, 0.25) is 0 Å². The van der Waals surface area contributed by atoms with Gasteiger partial charge in [-0.3, -0.25) is 4.79 Å². The smallest absolute Gasteiger partial charge is 0.341 e. The topological polar surface area (TPSA) is 180 Å². The molecule has 2 fully saturated rings. The Bertz CT molecular complexity index is 1140. The van der Waals surface area contributed by atoms with Crippen molar-refractivity contribution in [2.75, 3.05) is 26.4 Å². The lowest BCUT2D eigenvalue weighted by atomic mass is 10.1. The van der Waals surface area contributed by atoms with Gasteiger partial charge >= 0.3 is 6.01 Å². The standard InChI is InChI=1S/C19H20N8O7/c28-15(7-31-8-16(29)30)22-13-5-32-18-14(6-33-17(13)18)27-19(23-24-25-27)34-12-3-1-11(2-4-12)26-10-20-9-21-26/h1-4,9-10,13-14,17-18H,5-8H2,(H,22,28)(H,29,30)/p-1/t13-,14-,17+,18+/m0/s1. The lowest BCUT2D eigenvalue weighted by molar-refractivity contribution is -0.309. The SMILES string of the molecule is O=C([O-])COCC(=O)N[C@H]1CO[C@H]2[C@@H]1OC[C@@H]2n1nnnc1Oc1ccc(-n2cncn2)cc1. The maximum atomic E-state index is 12.0. The molecule has 3 aromatic rings. The number of carbonyl (C=O) groups excluding carboxylic acids is 2. The molecule has 2 aliphatic heterocycles. The van der Waals surface area contributed by atoms with Crippen LogP contribution < -0.4 is 15.2 Å². The number of carboxylic acid groups (broad SMARTS) is 1. The van der Waals surface area contributed by atoms with E-state index in [4.69, 9.17) is 18.9 Å². The van der Waals surface area contributed by atoms with E-state index in [0.29, 0.717) is 5.75 Å². The number of nitrogens with zero attached hydrogens (tertiary/aromatic N) is 7. The molecule has 4 atom stereocenters. The number of amides is 1. The zero-order chi connectivity index (χ0) is 23.5. The highest BCUT2D eigenvalue weighted by molar-refractivity contribution is 5.78. The molecule has 1 aromatic carbocycles. The van der Waals surface area contributed by atoms with E-state index in [-0.39, 0.29) is 25.3 Å². The van der Waals surface area contributed by atoms with Crippen LogP contribution in [0.5, 0.6) is 11.8 Å². The third-order valence-electron chi connectivity index (χ3n) is 5.33. The summed E-state index contributed by atoms with van der Waals surface area (Å²) in [5.41, 5.74) is 0.814. The predicted molar refractivity (Wildman–Crippen MR) is 106 cm³/mol. The van der Waals surface area contributed by atoms with Crippen LogP contribution in [-0.2, 0) is 23.8 Å². The maximum Gasteiger partial charge on any atom is 0.341 e. The summed E-state index contributed by atoms with van der Waals surface area (Å²) >= 11 is 0. The van der Waals surface area contributed by atoms with Crippen LogP contribution in [0.25, 0.3) is 5.69 Å². The molecule has 1 N–H and O–H groups in total. The average molecular weight is 471 g/mol. The van der Waals surface area contributed by atoms with Crippen molar-refractivity contribution in [2.24, 2.45) is 0 Å². The Morgan fingerprint density at radius 1 is 1.15 bits per heavy atom. The molecular formula is C19H19N8O7-. The van der Waals surface area contributed by atoms with Crippen molar-refractivity contribution in [1.29, 1.82) is 0 Å². The molecule has 4 heterocycles. The van der Waals surface area contributed by atoms with Crippen LogP contribution in [0, 0.1) is 0 Å². The summed E-state index contributed by atoms with van der Waals surface area (Å²) < 4.78 is 25.4. The molecule has 0 spiro atoms. The molecule has 0 bridgehead atoms. The Kier molecular flexibility index (Phi) is 6.11. The van der Waals surface area contributed by atoms with E-state index in [1.165, 1.54) is 11.0 Å². The molecular weight excluding hydrogens is 452 g/mol. The van der Waals surface area contributed by atoms with Crippen LogP contribution in [0.1, 0.15) is 6.04 Å². The molecule has 0 radical (unpaired) electrons. The van der Waals surface area contributed by atoms with Crippen LogP contribution >= 0.6 is 0 Å². The first-order chi connectivity index (χ1) is 16.6. The number of hydrogen-bond donors (Lipinski definition) is 1. The second-order valence-corrected chi connectivity index (χ2v) is 7.54. The van der Waals surface area contributed by atoms with Gasteiger partial charge in [0, 0.05) is 0 Å². The van der Waals surface area contributed by atoms with E-state index in [1.54, 1.807) is 23.1 Å². The summed E-state index contributed by atoms with van der Waals surface area (Å²) in [5.74, 6) is -1.36. The molecule has 15 heteroatoms. The highest BCUT2D eigenvalue weighted by Crippen LogP contribution is 2.36. The second kappa shape index (κ2) is 9.50. The highest BCUT2D eigenvalue weighted by Gasteiger charge is 2.50. The number of benzene rings is 1. The fourth-order valence-corrected chi connectivity index (χ4v) is 3.86. The molecule has 1 amide bonds. The maximum absolute atomic E-state index is 12.0. The number of nitrogens with one attached hydrogen (secondary N) is 1. The van der Waals surface area contributed by atoms with E-state index in [9.17, 15) is 14.7 Å². The van der Waals surface area contributed by atoms with Gasteiger partial charge in [0.2, 0.25) is 5.91 Å². The minimum absolute atomic E-state index is 0.162. The molecule has 2 aromatic heterocycles. The first-order valence-electron chi connectivity index (χ1n) is 10.3. The Morgan fingerprint density at radius 3 is 2.74 bits per heavy atom. The van der Waals surface area contributed by atoms with Gasteiger partial charge in [-0.05, 0) is 34.7 Å². The third kappa shape index (κ3) is 4.57. The van der Waals surface area contributed by atoms with E-state index < -0.39 is 43.3 Å². The van der Waals surface area contributed by atoms with Crippen LogP contribution in [0.15, 0.2) is 36.9 Å².